The summed E-state index contributed by atoms with van der Waals surface area (Å²) in [5, 5.41) is 3.22. The van der Waals surface area contributed by atoms with Crippen LogP contribution in [-0.4, -0.2) is 26.6 Å². The lowest BCUT2D eigenvalue weighted by Gasteiger charge is -2.28. The largest absolute Gasteiger partial charge is 0.324 e. The average molecular weight is 409 g/mol. The van der Waals surface area contributed by atoms with Gasteiger partial charge in [-0.15, -0.1) is 0 Å². The van der Waals surface area contributed by atoms with Crippen molar-refractivity contribution in [2.24, 2.45) is 0 Å². The number of hydrogen-bond donors (Lipinski definition) is 1. The molecule has 0 unspecified atom stereocenters. The van der Waals surface area contributed by atoms with E-state index in [4.69, 9.17) is 11.6 Å². The van der Waals surface area contributed by atoms with Crippen LogP contribution in [0.4, 0.5) is 11.4 Å². The van der Waals surface area contributed by atoms with Gasteiger partial charge in [-0.25, -0.2) is 8.42 Å². The maximum atomic E-state index is 12.7. The first-order valence-electron chi connectivity index (χ1n) is 8.67. The van der Waals surface area contributed by atoms with Crippen LogP contribution >= 0.6 is 11.6 Å². The number of rotatable bonds is 6. The van der Waals surface area contributed by atoms with Crippen molar-refractivity contribution in [2.75, 3.05) is 15.9 Å². The minimum atomic E-state index is -3.69. The number of hydrogen-bond acceptors (Lipinski definition) is 3. The van der Waals surface area contributed by atoms with E-state index in [2.05, 4.69) is 19.2 Å². The minimum absolute atomic E-state index is 0.353. The summed E-state index contributed by atoms with van der Waals surface area (Å²) in [6.45, 7) is 7.55. The zero-order valence-electron chi connectivity index (χ0n) is 16.2. The quantitative estimate of drug-likeness (QED) is 0.761. The van der Waals surface area contributed by atoms with Crippen LogP contribution in [-0.2, 0) is 14.8 Å². The van der Waals surface area contributed by atoms with Crippen LogP contribution in [0.25, 0.3) is 0 Å². The zero-order valence-corrected chi connectivity index (χ0v) is 17.7. The summed E-state index contributed by atoms with van der Waals surface area (Å²) in [4.78, 5) is 12.7. The van der Waals surface area contributed by atoms with Crippen molar-refractivity contribution in [3.63, 3.8) is 0 Å². The van der Waals surface area contributed by atoms with E-state index in [9.17, 15) is 13.2 Å². The van der Waals surface area contributed by atoms with Crippen LogP contribution in [0.1, 0.15) is 37.8 Å². The Labute approximate surface area is 166 Å². The molecule has 146 valence electrons. The molecule has 0 aliphatic rings. The summed E-state index contributed by atoms with van der Waals surface area (Å²) in [5.74, 6) is -0.0323. The van der Waals surface area contributed by atoms with E-state index in [1.807, 2.05) is 31.2 Å². The number of nitrogens with zero attached hydrogens (tertiary/aromatic N) is 1. The number of sulfonamides is 1. The van der Waals surface area contributed by atoms with Crippen molar-refractivity contribution in [1.29, 1.82) is 0 Å². The molecule has 2 rings (SSSR count). The van der Waals surface area contributed by atoms with Gasteiger partial charge in [0.1, 0.15) is 6.04 Å². The molecule has 1 amide bonds. The van der Waals surface area contributed by atoms with Crippen LogP contribution in [0.5, 0.6) is 0 Å². The summed E-state index contributed by atoms with van der Waals surface area (Å²) in [6, 6.07) is 11.5. The fourth-order valence-corrected chi connectivity index (χ4v) is 4.07. The van der Waals surface area contributed by atoms with Gasteiger partial charge < -0.3 is 5.32 Å². The first-order valence-corrected chi connectivity index (χ1v) is 10.9. The molecule has 2 aromatic carbocycles. The van der Waals surface area contributed by atoms with Gasteiger partial charge in [0, 0.05) is 10.7 Å². The Balaban J connectivity index is 2.28. The molecule has 1 N–H and O–H groups in total. The van der Waals surface area contributed by atoms with Crippen molar-refractivity contribution < 1.29 is 13.2 Å². The Kier molecular flexibility index (Phi) is 6.54. The second-order valence-electron chi connectivity index (χ2n) is 6.93. The van der Waals surface area contributed by atoms with E-state index in [-0.39, 0.29) is 0 Å². The lowest BCUT2D eigenvalue weighted by molar-refractivity contribution is -0.116. The van der Waals surface area contributed by atoms with Crippen LogP contribution in [0.15, 0.2) is 42.5 Å². The fraction of sp³-hybridized carbons (Fsp3) is 0.350. The number of halogens is 1. The predicted molar refractivity (Wildman–Crippen MR) is 112 cm³/mol. The summed E-state index contributed by atoms with van der Waals surface area (Å²) in [7, 11) is -3.69. The van der Waals surface area contributed by atoms with Crippen LogP contribution in [0, 0.1) is 6.92 Å². The molecular formula is C20H25ClN2O3S. The Hall–Kier alpha value is -2.05. The highest BCUT2D eigenvalue weighted by atomic mass is 35.5. The molecular weight excluding hydrogens is 384 g/mol. The number of anilines is 2. The maximum Gasteiger partial charge on any atom is 0.247 e. The molecule has 27 heavy (non-hydrogen) atoms. The summed E-state index contributed by atoms with van der Waals surface area (Å²) >= 11 is 6.14. The maximum absolute atomic E-state index is 12.7. The van der Waals surface area contributed by atoms with E-state index < -0.39 is 22.0 Å². The molecule has 0 saturated heterocycles. The summed E-state index contributed by atoms with van der Waals surface area (Å²) in [6.07, 6.45) is 1.07. The molecule has 0 aliphatic carbocycles. The Morgan fingerprint density at radius 3 is 2.15 bits per heavy atom. The van der Waals surface area contributed by atoms with Gasteiger partial charge in [-0.3, -0.25) is 9.10 Å². The van der Waals surface area contributed by atoms with Crippen molar-refractivity contribution in [3.8, 4) is 0 Å². The first-order chi connectivity index (χ1) is 12.5. The minimum Gasteiger partial charge on any atom is -0.324 e. The van der Waals surface area contributed by atoms with Gasteiger partial charge in [-0.2, -0.15) is 0 Å². The molecule has 0 bridgehead atoms. The van der Waals surface area contributed by atoms with E-state index in [0.717, 1.165) is 21.7 Å². The molecule has 5 nitrogen and oxygen atoms in total. The smallest absolute Gasteiger partial charge is 0.247 e. The molecule has 0 heterocycles. The molecule has 7 heteroatoms. The van der Waals surface area contributed by atoms with Gasteiger partial charge in [-0.05, 0) is 55.2 Å². The van der Waals surface area contributed by atoms with E-state index in [0.29, 0.717) is 22.3 Å². The van der Waals surface area contributed by atoms with E-state index in [1.165, 1.54) is 0 Å². The zero-order chi connectivity index (χ0) is 20.4. The lowest BCUT2D eigenvalue weighted by Crippen LogP contribution is -2.45. The van der Waals surface area contributed by atoms with E-state index in [1.54, 1.807) is 25.1 Å². The molecule has 1 atom stereocenters. The molecule has 0 radical (unpaired) electrons. The summed E-state index contributed by atoms with van der Waals surface area (Å²) in [5.41, 5.74) is 2.96. The first kappa shape index (κ1) is 21.3. The molecule has 2 aromatic rings. The third-order valence-electron chi connectivity index (χ3n) is 4.34. The van der Waals surface area contributed by atoms with Gasteiger partial charge in [0.15, 0.2) is 0 Å². The van der Waals surface area contributed by atoms with Gasteiger partial charge >= 0.3 is 0 Å². The van der Waals surface area contributed by atoms with Crippen molar-refractivity contribution in [3.05, 3.63) is 58.6 Å². The summed E-state index contributed by atoms with van der Waals surface area (Å²) < 4.78 is 25.8. The average Bonchev–Trinajstić information content (AvgIpc) is 2.57. The molecule has 0 fully saturated rings. The van der Waals surface area contributed by atoms with Crippen molar-refractivity contribution in [2.45, 2.75) is 39.7 Å². The molecule has 0 spiro atoms. The van der Waals surface area contributed by atoms with Crippen molar-refractivity contribution >= 4 is 38.9 Å². The predicted octanol–water partition coefficient (Wildman–Crippen LogP) is 4.57. The van der Waals surface area contributed by atoms with Gasteiger partial charge in [0.05, 0.1) is 11.9 Å². The highest BCUT2D eigenvalue weighted by Gasteiger charge is 2.29. The topological polar surface area (TPSA) is 66.5 Å². The third kappa shape index (κ3) is 5.23. The standard InChI is InChI=1S/C20H25ClN2O3S/c1-13(2)16-7-9-17(10-8-16)22-20(24)15(4)23(27(5,25)26)18-11-6-14(3)19(21)12-18/h6-13,15H,1-5H3,(H,22,24)/t15-/m0/s1. The fourth-order valence-electron chi connectivity index (χ4n) is 2.73. The number of carbonyl (C=O) groups excluding carboxylic acids is 1. The molecule has 0 aromatic heterocycles. The number of aryl methyl sites for hydroxylation is 1. The van der Waals surface area contributed by atoms with Crippen LogP contribution < -0.4 is 9.62 Å². The van der Waals surface area contributed by atoms with Gasteiger partial charge in [-0.1, -0.05) is 43.6 Å². The van der Waals surface area contributed by atoms with Crippen molar-refractivity contribution in [1.82, 2.24) is 0 Å². The number of benzene rings is 2. The Morgan fingerprint density at radius 1 is 1.07 bits per heavy atom. The number of carbonyl (C=O) groups is 1. The lowest BCUT2D eigenvalue weighted by atomic mass is 10.0. The van der Waals surface area contributed by atoms with Crippen LogP contribution in [0.3, 0.4) is 0 Å². The molecule has 0 aliphatic heterocycles. The van der Waals surface area contributed by atoms with Gasteiger partial charge in [0.2, 0.25) is 15.9 Å². The second-order valence-corrected chi connectivity index (χ2v) is 9.20. The monoisotopic (exact) mass is 408 g/mol. The second kappa shape index (κ2) is 8.31. The third-order valence-corrected chi connectivity index (χ3v) is 5.99. The Morgan fingerprint density at radius 2 is 1.67 bits per heavy atom. The van der Waals surface area contributed by atoms with Crippen LogP contribution in [0.2, 0.25) is 5.02 Å². The molecule has 0 saturated carbocycles. The highest BCUT2D eigenvalue weighted by Crippen LogP contribution is 2.27. The van der Waals surface area contributed by atoms with E-state index >= 15 is 0 Å². The SMILES string of the molecule is Cc1ccc(N([C@@H](C)C(=O)Nc2ccc(C(C)C)cc2)S(C)(=O)=O)cc1Cl. The van der Waals surface area contributed by atoms with Gasteiger partial charge in [0.25, 0.3) is 0 Å². The highest BCUT2D eigenvalue weighted by molar-refractivity contribution is 7.92. The number of amides is 1. The normalized spacial score (nSPS) is 12.7. The number of nitrogens with one attached hydrogen (secondary N) is 1. The Bertz CT molecular complexity index is 925.